The van der Waals surface area contributed by atoms with Gasteiger partial charge < -0.3 is 10.2 Å². The van der Waals surface area contributed by atoms with Gasteiger partial charge in [0.2, 0.25) is 0 Å². The minimum absolute atomic E-state index is 0.0353. The van der Waals surface area contributed by atoms with E-state index in [1.54, 1.807) is 12.1 Å². The lowest BCUT2D eigenvalue weighted by molar-refractivity contribution is 0.103. The first-order chi connectivity index (χ1) is 13.1. The fourth-order valence-electron chi connectivity index (χ4n) is 3.38. The van der Waals surface area contributed by atoms with Crippen LogP contribution < -0.4 is 5.32 Å². The van der Waals surface area contributed by atoms with Gasteiger partial charge in [-0.3, -0.25) is 4.79 Å². The molecule has 0 radical (unpaired) electrons. The first-order valence-electron chi connectivity index (χ1n) is 9.48. The smallest absolute Gasteiger partial charge is 0.195 e. The van der Waals surface area contributed by atoms with Gasteiger partial charge in [0.05, 0.1) is 4.99 Å². The van der Waals surface area contributed by atoms with E-state index in [-0.39, 0.29) is 11.7 Å². The molecule has 1 N–H and O–H groups in total. The molecule has 2 aromatic rings. The molecule has 0 aliphatic carbocycles. The Morgan fingerprint density at radius 2 is 1.85 bits per heavy atom. The van der Waals surface area contributed by atoms with Crippen LogP contribution in [0.4, 0.5) is 5.69 Å². The van der Waals surface area contributed by atoms with Gasteiger partial charge in [-0.25, -0.2) is 0 Å². The summed E-state index contributed by atoms with van der Waals surface area (Å²) in [7, 11) is 0. The third-order valence-electron chi connectivity index (χ3n) is 4.95. The van der Waals surface area contributed by atoms with Gasteiger partial charge in [-0.2, -0.15) is 0 Å². The number of piperidine rings is 1. The van der Waals surface area contributed by atoms with Crippen LogP contribution in [0.25, 0.3) is 0 Å². The average molecular weight is 401 g/mol. The maximum Gasteiger partial charge on any atom is 0.195 e. The van der Waals surface area contributed by atoms with Crippen molar-refractivity contribution >= 4 is 40.3 Å². The predicted molar refractivity (Wildman–Crippen MR) is 117 cm³/mol. The number of thiocarbonyl (C=S) groups is 1. The number of carbonyl (C=O) groups excluding carboxylic acids is 1. The first kappa shape index (κ1) is 19.8. The van der Waals surface area contributed by atoms with Crippen LogP contribution in [0.1, 0.15) is 42.1 Å². The van der Waals surface area contributed by atoms with Crippen LogP contribution in [0.2, 0.25) is 5.02 Å². The van der Waals surface area contributed by atoms with E-state index in [2.05, 4.69) is 17.1 Å². The van der Waals surface area contributed by atoms with Crippen molar-refractivity contribution in [3.05, 3.63) is 64.7 Å². The second-order valence-electron chi connectivity index (χ2n) is 7.05. The fraction of sp³-hybridized carbons (Fsp3) is 0.364. The molecule has 0 aromatic heterocycles. The molecule has 1 heterocycles. The van der Waals surface area contributed by atoms with Crippen molar-refractivity contribution in [1.29, 1.82) is 0 Å². The molecule has 1 atom stereocenters. The standard InChI is InChI=1S/C22H25ClN2OS/c1-16(22(27)25-12-6-3-7-13-25)15-24-20-11-10-18(23)14-19(20)21(26)17-8-4-2-5-9-17/h2,4-5,8-11,14,16,24H,3,6-7,12-13,15H2,1H3. The van der Waals surface area contributed by atoms with E-state index < -0.39 is 0 Å². The van der Waals surface area contributed by atoms with E-state index in [1.165, 1.54) is 19.3 Å². The molecule has 3 nitrogen and oxygen atoms in total. The number of anilines is 1. The lowest BCUT2D eigenvalue weighted by Gasteiger charge is -2.32. The van der Waals surface area contributed by atoms with E-state index in [4.69, 9.17) is 23.8 Å². The van der Waals surface area contributed by atoms with E-state index >= 15 is 0 Å². The molecule has 2 aromatic carbocycles. The number of carbonyl (C=O) groups is 1. The molecular weight excluding hydrogens is 376 g/mol. The molecule has 1 saturated heterocycles. The number of benzene rings is 2. The van der Waals surface area contributed by atoms with Crippen molar-refractivity contribution < 1.29 is 4.79 Å². The van der Waals surface area contributed by atoms with Crippen LogP contribution in [-0.4, -0.2) is 35.3 Å². The van der Waals surface area contributed by atoms with Gasteiger partial charge in [0.25, 0.3) is 0 Å². The minimum Gasteiger partial charge on any atom is -0.384 e. The Morgan fingerprint density at radius 1 is 1.15 bits per heavy atom. The highest BCUT2D eigenvalue weighted by Crippen LogP contribution is 2.24. The van der Waals surface area contributed by atoms with Gasteiger partial charge in [-0.15, -0.1) is 0 Å². The number of rotatable bonds is 6. The number of hydrogen-bond acceptors (Lipinski definition) is 3. The van der Waals surface area contributed by atoms with Gasteiger partial charge in [-0.1, -0.05) is 61.1 Å². The summed E-state index contributed by atoms with van der Waals surface area (Å²) in [5.41, 5.74) is 2.03. The third kappa shape index (κ3) is 5.08. The Hall–Kier alpha value is -1.91. The summed E-state index contributed by atoms with van der Waals surface area (Å²) in [6, 6.07) is 14.7. The molecule has 142 valence electrons. The molecule has 27 heavy (non-hydrogen) atoms. The number of nitrogens with one attached hydrogen (secondary N) is 1. The molecule has 0 amide bonds. The largest absolute Gasteiger partial charge is 0.384 e. The Bertz CT molecular complexity index is 803. The Labute approximate surface area is 171 Å². The topological polar surface area (TPSA) is 32.3 Å². The number of likely N-dealkylation sites (tertiary alicyclic amines) is 1. The highest BCUT2D eigenvalue weighted by molar-refractivity contribution is 7.80. The molecule has 1 aliphatic heterocycles. The number of nitrogens with zero attached hydrogens (tertiary/aromatic N) is 1. The fourth-order valence-corrected chi connectivity index (χ4v) is 3.82. The zero-order valence-electron chi connectivity index (χ0n) is 15.6. The van der Waals surface area contributed by atoms with Crippen LogP contribution in [0, 0.1) is 5.92 Å². The number of hydrogen-bond donors (Lipinski definition) is 1. The van der Waals surface area contributed by atoms with Gasteiger partial charge in [-0.05, 0) is 37.5 Å². The van der Waals surface area contributed by atoms with Crippen LogP contribution >= 0.6 is 23.8 Å². The van der Waals surface area contributed by atoms with Crippen molar-refractivity contribution in [3.63, 3.8) is 0 Å². The van der Waals surface area contributed by atoms with Crippen LogP contribution in [0.15, 0.2) is 48.5 Å². The highest BCUT2D eigenvalue weighted by atomic mass is 35.5. The second kappa shape index (κ2) is 9.34. The van der Waals surface area contributed by atoms with E-state index in [1.807, 2.05) is 36.4 Å². The summed E-state index contributed by atoms with van der Waals surface area (Å²) in [5.74, 6) is 0.181. The normalized spacial score (nSPS) is 15.3. The molecule has 0 saturated carbocycles. The van der Waals surface area contributed by atoms with Gasteiger partial charge in [0.15, 0.2) is 5.78 Å². The summed E-state index contributed by atoms with van der Waals surface area (Å²) in [4.78, 5) is 16.2. The molecule has 1 aliphatic rings. The van der Waals surface area contributed by atoms with Crippen molar-refractivity contribution in [3.8, 4) is 0 Å². The first-order valence-corrected chi connectivity index (χ1v) is 10.3. The quantitative estimate of drug-likeness (QED) is 0.517. The molecule has 3 rings (SSSR count). The number of ketones is 1. The second-order valence-corrected chi connectivity index (χ2v) is 7.91. The highest BCUT2D eigenvalue weighted by Gasteiger charge is 2.20. The van der Waals surface area contributed by atoms with Crippen LogP contribution in [-0.2, 0) is 0 Å². The SMILES string of the molecule is CC(CNc1ccc(Cl)cc1C(=O)c1ccccc1)C(=S)N1CCCCC1. The maximum absolute atomic E-state index is 12.9. The van der Waals surface area contributed by atoms with Crippen molar-refractivity contribution in [1.82, 2.24) is 4.90 Å². The van der Waals surface area contributed by atoms with E-state index in [9.17, 15) is 4.79 Å². The summed E-state index contributed by atoms with van der Waals surface area (Å²) < 4.78 is 0. The number of halogens is 1. The summed E-state index contributed by atoms with van der Waals surface area (Å²) in [5, 5.41) is 3.97. The van der Waals surface area contributed by atoms with Crippen molar-refractivity contribution in [2.24, 2.45) is 5.92 Å². The Balaban J connectivity index is 1.71. The van der Waals surface area contributed by atoms with Gasteiger partial charge in [0, 0.05) is 47.4 Å². The van der Waals surface area contributed by atoms with E-state index in [0.29, 0.717) is 22.7 Å². The summed E-state index contributed by atoms with van der Waals surface area (Å²) in [6.07, 6.45) is 3.72. The summed E-state index contributed by atoms with van der Waals surface area (Å²) in [6.45, 7) is 4.94. The van der Waals surface area contributed by atoms with E-state index in [0.717, 1.165) is 23.8 Å². The van der Waals surface area contributed by atoms with Crippen molar-refractivity contribution in [2.45, 2.75) is 26.2 Å². The lowest BCUT2D eigenvalue weighted by atomic mass is 10.0. The zero-order chi connectivity index (χ0) is 19.2. The Morgan fingerprint density at radius 3 is 2.56 bits per heavy atom. The molecule has 0 spiro atoms. The third-order valence-corrected chi connectivity index (χ3v) is 5.85. The monoisotopic (exact) mass is 400 g/mol. The zero-order valence-corrected chi connectivity index (χ0v) is 17.2. The van der Waals surface area contributed by atoms with Crippen molar-refractivity contribution in [2.75, 3.05) is 25.0 Å². The predicted octanol–water partition coefficient (Wildman–Crippen LogP) is 5.43. The molecule has 0 bridgehead atoms. The Kier molecular flexibility index (Phi) is 6.86. The molecule has 1 unspecified atom stereocenters. The maximum atomic E-state index is 12.9. The summed E-state index contributed by atoms with van der Waals surface area (Å²) >= 11 is 11.8. The van der Waals surface area contributed by atoms with Crippen LogP contribution in [0.3, 0.4) is 0 Å². The van der Waals surface area contributed by atoms with Crippen LogP contribution in [0.5, 0.6) is 0 Å². The van der Waals surface area contributed by atoms with Gasteiger partial charge >= 0.3 is 0 Å². The van der Waals surface area contributed by atoms with Gasteiger partial charge in [0.1, 0.15) is 0 Å². The molecular formula is C22H25ClN2OS. The minimum atomic E-state index is -0.0353. The molecule has 1 fully saturated rings. The molecule has 5 heteroatoms. The lowest BCUT2D eigenvalue weighted by Crippen LogP contribution is -2.39. The average Bonchev–Trinajstić information content (AvgIpc) is 2.72.